The number of methoxy groups -OCH3 is 1. The van der Waals surface area contributed by atoms with Gasteiger partial charge in [0.1, 0.15) is 10.8 Å². The summed E-state index contributed by atoms with van der Waals surface area (Å²) in [5.41, 5.74) is 3.46. The quantitative estimate of drug-likeness (QED) is 0.682. The molecule has 90 valence electrons. The third-order valence-electron chi connectivity index (χ3n) is 2.89. The van der Waals surface area contributed by atoms with E-state index in [1.54, 1.807) is 18.4 Å². The fourth-order valence-corrected chi connectivity index (χ4v) is 2.85. The summed E-state index contributed by atoms with van der Waals surface area (Å²) in [6, 6.07) is 14.4. The number of hydrogen-bond acceptors (Lipinski definition) is 3. The second-order valence-corrected chi connectivity index (χ2v) is 5.25. The predicted molar refractivity (Wildman–Crippen MR) is 76.3 cm³/mol. The molecular formula is C15H13NOS. The van der Waals surface area contributed by atoms with E-state index in [2.05, 4.69) is 36.2 Å². The average molecular weight is 255 g/mol. The maximum Gasteiger partial charge on any atom is 0.124 e. The van der Waals surface area contributed by atoms with Gasteiger partial charge in [0.15, 0.2) is 0 Å². The van der Waals surface area contributed by atoms with Gasteiger partial charge in [0, 0.05) is 5.56 Å². The number of ether oxygens (including phenoxy) is 1. The first kappa shape index (κ1) is 11.2. The van der Waals surface area contributed by atoms with Gasteiger partial charge >= 0.3 is 0 Å². The molecule has 1 aromatic heterocycles. The van der Waals surface area contributed by atoms with Crippen LogP contribution in [0.15, 0.2) is 42.5 Å². The van der Waals surface area contributed by atoms with Crippen molar-refractivity contribution in [3.63, 3.8) is 0 Å². The third kappa shape index (κ3) is 1.97. The Balaban J connectivity index is 2.10. The fourth-order valence-electron chi connectivity index (χ4n) is 1.85. The molecule has 0 aliphatic heterocycles. The number of thiazole rings is 1. The van der Waals surface area contributed by atoms with E-state index in [0.29, 0.717) is 0 Å². The van der Waals surface area contributed by atoms with Crippen molar-refractivity contribution in [2.45, 2.75) is 6.92 Å². The molecule has 0 fully saturated rings. The van der Waals surface area contributed by atoms with Gasteiger partial charge in [-0.15, -0.1) is 11.3 Å². The van der Waals surface area contributed by atoms with Crippen LogP contribution in [0.5, 0.6) is 5.75 Å². The minimum atomic E-state index is 0.876. The first-order valence-electron chi connectivity index (χ1n) is 5.78. The van der Waals surface area contributed by atoms with Gasteiger partial charge in [0.2, 0.25) is 0 Å². The molecule has 0 bridgehead atoms. The lowest BCUT2D eigenvalue weighted by atomic mass is 10.2. The Morgan fingerprint density at radius 1 is 1.06 bits per heavy atom. The first-order chi connectivity index (χ1) is 8.76. The number of rotatable bonds is 2. The standard InChI is InChI=1S/C15H13NOS/c1-10-3-5-11(6-4-10)15-16-13-8-7-12(17-2)9-14(13)18-15/h3-9H,1-2H3. The number of aryl methyl sites for hydroxylation is 1. The molecule has 2 aromatic carbocycles. The van der Waals surface area contributed by atoms with Gasteiger partial charge in [-0.3, -0.25) is 0 Å². The summed E-state index contributed by atoms with van der Waals surface area (Å²) < 4.78 is 6.39. The number of aromatic nitrogens is 1. The van der Waals surface area contributed by atoms with Gasteiger partial charge in [0.05, 0.1) is 17.3 Å². The zero-order chi connectivity index (χ0) is 12.5. The van der Waals surface area contributed by atoms with Crippen LogP contribution < -0.4 is 4.74 Å². The van der Waals surface area contributed by atoms with E-state index in [4.69, 9.17) is 4.74 Å². The average Bonchev–Trinajstić information content (AvgIpc) is 2.82. The molecule has 0 amide bonds. The molecule has 0 atom stereocenters. The van der Waals surface area contributed by atoms with Crippen LogP contribution in [-0.4, -0.2) is 12.1 Å². The number of nitrogens with zero attached hydrogens (tertiary/aromatic N) is 1. The highest BCUT2D eigenvalue weighted by Gasteiger charge is 2.06. The van der Waals surface area contributed by atoms with E-state index in [9.17, 15) is 0 Å². The lowest BCUT2D eigenvalue weighted by Gasteiger charge is -1.96. The minimum absolute atomic E-state index is 0.876. The Labute approximate surface area is 110 Å². The molecular weight excluding hydrogens is 242 g/mol. The highest BCUT2D eigenvalue weighted by molar-refractivity contribution is 7.21. The summed E-state index contributed by atoms with van der Waals surface area (Å²) >= 11 is 1.69. The van der Waals surface area contributed by atoms with Gasteiger partial charge in [-0.2, -0.15) is 0 Å². The Kier molecular flexibility index (Phi) is 2.76. The van der Waals surface area contributed by atoms with Crippen molar-refractivity contribution in [1.82, 2.24) is 4.98 Å². The Morgan fingerprint density at radius 2 is 1.83 bits per heavy atom. The van der Waals surface area contributed by atoms with E-state index in [0.717, 1.165) is 21.0 Å². The van der Waals surface area contributed by atoms with Gasteiger partial charge in [0.25, 0.3) is 0 Å². The SMILES string of the molecule is COc1ccc2nc(-c3ccc(C)cc3)sc2c1. The van der Waals surface area contributed by atoms with Crippen LogP contribution >= 0.6 is 11.3 Å². The fraction of sp³-hybridized carbons (Fsp3) is 0.133. The molecule has 0 radical (unpaired) electrons. The molecule has 0 aliphatic rings. The van der Waals surface area contributed by atoms with Crippen molar-refractivity contribution < 1.29 is 4.74 Å². The maximum absolute atomic E-state index is 5.23. The maximum atomic E-state index is 5.23. The molecule has 0 saturated carbocycles. The van der Waals surface area contributed by atoms with Crippen molar-refractivity contribution in [1.29, 1.82) is 0 Å². The Morgan fingerprint density at radius 3 is 2.56 bits per heavy atom. The number of fused-ring (bicyclic) bond motifs is 1. The highest BCUT2D eigenvalue weighted by Crippen LogP contribution is 2.32. The zero-order valence-electron chi connectivity index (χ0n) is 10.3. The van der Waals surface area contributed by atoms with E-state index in [-0.39, 0.29) is 0 Å². The topological polar surface area (TPSA) is 22.1 Å². The predicted octanol–water partition coefficient (Wildman–Crippen LogP) is 4.28. The molecule has 0 unspecified atom stereocenters. The van der Waals surface area contributed by atoms with Crippen molar-refractivity contribution in [2.75, 3.05) is 7.11 Å². The van der Waals surface area contributed by atoms with E-state index in [1.165, 1.54) is 11.1 Å². The molecule has 0 aliphatic carbocycles. The van der Waals surface area contributed by atoms with Crippen LogP contribution in [0.4, 0.5) is 0 Å². The molecule has 3 aromatic rings. The minimum Gasteiger partial charge on any atom is -0.497 e. The first-order valence-corrected chi connectivity index (χ1v) is 6.59. The second kappa shape index (κ2) is 4.42. The molecule has 0 spiro atoms. The van der Waals surface area contributed by atoms with Crippen LogP contribution in [0.1, 0.15) is 5.56 Å². The van der Waals surface area contributed by atoms with Gasteiger partial charge in [-0.05, 0) is 25.1 Å². The summed E-state index contributed by atoms with van der Waals surface area (Å²) in [5, 5.41) is 1.05. The molecule has 18 heavy (non-hydrogen) atoms. The molecule has 1 heterocycles. The summed E-state index contributed by atoms with van der Waals surface area (Å²) in [4.78, 5) is 4.65. The summed E-state index contributed by atoms with van der Waals surface area (Å²) in [6.45, 7) is 2.09. The van der Waals surface area contributed by atoms with Crippen LogP contribution in [0.25, 0.3) is 20.8 Å². The smallest absolute Gasteiger partial charge is 0.124 e. The summed E-state index contributed by atoms with van der Waals surface area (Å²) in [5.74, 6) is 0.876. The lowest BCUT2D eigenvalue weighted by Crippen LogP contribution is -1.80. The van der Waals surface area contributed by atoms with Crippen molar-refractivity contribution in [2.24, 2.45) is 0 Å². The monoisotopic (exact) mass is 255 g/mol. The van der Waals surface area contributed by atoms with Crippen molar-refractivity contribution in [3.05, 3.63) is 48.0 Å². The second-order valence-electron chi connectivity index (χ2n) is 4.22. The molecule has 2 nitrogen and oxygen atoms in total. The molecule has 0 N–H and O–H groups in total. The summed E-state index contributed by atoms with van der Waals surface area (Å²) in [6.07, 6.45) is 0. The molecule has 3 rings (SSSR count). The largest absolute Gasteiger partial charge is 0.497 e. The van der Waals surface area contributed by atoms with Crippen LogP contribution in [0.3, 0.4) is 0 Å². The van der Waals surface area contributed by atoms with Crippen molar-refractivity contribution >= 4 is 21.6 Å². The van der Waals surface area contributed by atoms with E-state index < -0.39 is 0 Å². The Bertz CT molecular complexity index is 685. The number of benzene rings is 2. The van der Waals surface area contributed by atoms with Crippen LogP contribution in [0, 0.1) is 6.92 Å². The number of hydrogen-bond donors (Lipinski definition) is 0. The van der Waals surface area contributed by atoms with Crippen LogP contribution in [-0.2, 0) is 0 Å². The normalized spacial score (nSPS) is 10.8. The van der Waals surface area contributed by atoms with Crippen molar-refractivity contribution in [3.8, 4) is 16.3 Å². The Hall–Kier alpha value is -1.87. The lowest BCUT2D eigenvalue weighted by molar-refractivity contribution is 0.415. The van der Waals surface area contributed by atoms with Gasteiger partial charge in [-0.25, -0.2) is 4.98 Å². The van der Waals surface area contributed by atoms with E-state index >= 15 is 0 Å². The zero-order valence-corrected chi connectivity index (χ0v) is 11.1. The van der Waals surface area contributed by atoms with Gasteiger partial charge < -0.3 is 4.74 Å². The molecule has 0 saturated heterocycles. The highest BCUT2D eigenvalue weighted by atomic mass is 32.1. The van der Waals surface area contributed by atoms with Gasteiger partial charge in [-0.1, -0.05) is 29.8 Å². The molecule has 3 heteroatoms. The van der Waals surface area contributed by atoms with Crippen LogP contribution in [0.2, 0.25) is 0 Å². The summed E-state index contributed by atoms with van der Waals surface area (Å²) in [7, 11) is 1.68. The van der Waals surface area contributed by atoms with E-state index in [1.807, 2.05) is 18.2 Å². The third-order valence-corrected chi connectivity index (χ3v) is 3.96.